The standard InChI is InChI=1S/C22H35N3O7/c1-3-29-19(30-4-2)13-14-24-20(26)18(12-8-9-15-31-21(23)27)25-22(28)32-16-17-10-6-5-7-11-17/h5-7,10-11,18-19H,3-4,8-9,12-16H2,1-2H3,(H2,23,27)(H,24,26)(H,25,28). The molecule has 10 nitrogen and oxygen atoms in total. The third kappa shape index (κ3) is 12.8. The van der Waals surface area contributed by atoms with E-state index in [-0.39, 0.29) is 19.1 Å². The van der Waals surface area contributed by atoms with Crippen molar-refractivity contribution in [3.05, 3.63) is 35.9 Å². The highest BCUT2D eigenvalue weighted by Gasteiger charge is 2.21. The molecule has 10 heteroatoms. The number of amides is 3. The van der Waals surface area contributed by atoms with Crippen molar-refractivity contribution in [3.8, 4) is 0 Å². The summed E-state index contributed by atoms with van der Waals surface area (Å²) in [6, 6.07) is 8.43. The van der Waals surface area contributed by atoms with Crippen molar-refractivity contribution < 1.29 is 33.3 Å². The Hall–Kier alpha value is -2.85. The first kappa shape index (κ1) is 27.2. The average molecular weight is 454 g/mol. The summed E-state index contributed by atoms with van der Waals surface area (Å²) < 4.78 is 20.8. The Morgan fingerprint density at radius 1 is 0.969 bits per heavy atom. The first-order valence-electron chi connectivity index (χ1n) is 10.9. The van der Waals surface area contributed by atoms with Gasteiger partial charge in [-0.25, -0.2) is 9.59 Å². The number of hydrogen-bond acceptors (Lipinski definition) is 7. The van der Waals surface area contributed by atoms with Crippen LogP contribution in [0.5, 0.6) is 0 Å². The van der Waals surface area contributed by atoms with Crippen LogP contribution < -0.4 is 16.4 Å². The Bertz CT molecular complexity index is 667. The van der Waals surface area contributed by atoms with Gasteiger partial charge in [0, 0.05) is 26.2 Å². The van der Waals surface area contributed by atoms with Crippen molar-refractivity contribution in [2.45, 2.75) is 58.5 Å². The quantitative estimate of drug-likeness (QED) is 0.258. The summed E-state index contributed by atoms with van der Waals surface area (Å²) in [6.45, 7) is 5.31. The molecular formula is C22H35N3O7. The van der Waals surface area contributed by atoms with Gasteiger partial charge >= 0.3 is 12.2 Å². The normalized spacial score (nSPS) is 11.6. The minimum absolute atomic E-state index is 0.0951. The van der Waals surface area contributed by atoms with Crippen molar-refractivity contribution in [2.24, 2.45) is 5.73 Å². The zero-order valence-corrected chi connectivity index (χ0v) is 18.8. The Kier molecular flexibility index (Phi) is 14.3. The molecule has 1 atom stereocenters. The van der Waals surface area contributed by atoms with Crippen molar-refractivity contribution >= 4 is 18.1 Å². The van der Waals surface area contributed by atoms with Crippen LogP contribution in [0.25, 0.3) is 0 Å². The number of nitrogens with two attached hydrogens (primary N) is 1. The second-order valence-corrected chi connectivity index (χ2v) is 6.84. The molecule has 0 saturated carbocycles. The average Bonchev–Trinajstić information content (AvgIpc) is 2.77. The maximum atomic E-state index is 12.7. The van der Waals surface area contributed by atoms with E-state index in [0.717, 1.165) is 5.56 Å². The van der Waals surface area contributed by atoms with Crippen molar-refractivity contribution in [3.63, 3.8) is 0 Å². The molecule has 0 fully saturated rings. The van der Waals surface area contributed by atoms with Gasteiger partial charge in [-0.15, -0.1) is 0 Å². The number of carbonyl (C=O) groups is 3. The van der Waals surface area contributed by atoms with Gasteiger partial charge < -0.3 is 35.3 Å². The van der Waals surface area contributed by atoms with Crippen LogP contribution in [0.15, 0.2) is 30.3 Å². The molecule has 1 aromatic rings. The van der Waals surface area contributed by atoms with Crippen LogP contribution in [0.3, 0.4) is 0 Å². The molecule has 0 bridgehead atoms. The zero-order valence-electron chi connectivity index (χ0n) is 18.8. The lowest BCUT2D eigenvalue weighted by molar-refractivity contribution is -0.140. The topological polar surface area (TPSA) is 138 Å². The molecule has 0 aliphatic rings. The highest BCUT2D eigenvalue weighted by atomic mass is 16.7. The number of unbranched alkanes of at least 4 members (excludes halogenated alkanes) is 1. The molecule has 0 saturated heterocycles. The predicted octanol–water partition coefficient (Wildman–Crippen LogP) is 2.45. The highest BCUT2D eigenvalue weighted by Crippen LogP contribution is 2.06. The number of nitrogens with one attached hydrogen (secondary N) is 2. The van der Waals surface area contributed by atoms with E-state index in [1.165, 1.54) is 0 Å². The van der Waals surface area contributed by atoms with E-state index in [1.807, 2.05) is 44.2 Å². The Morgan fingerprint density at radius 2 is 1.66 bits per heavy atom. The summed E-state index contributed by atoms with van der Waals surface area (Å²) >= 11 is 0. The number of primary amides is 1. The van der Waals surface area contributed by atoms with Gasteiger partial charge in [-0.05, 0) is 38.7 Å². The molecule has 1 aromatic carbocycles. The molecule has 0 aliphatic carbocycles. The number of benzene rings is 1. The maximum absolute atomic E-state index is 12.7. The highest BCUT2D eigenvalue weighted by molar-refractivity contribution is 5.85. The van der Waals surface area contributed by atoms with E-state index in [2.05, 4.69) is 15.4 Å². The van der Waals surface area contributed by atoms with Crippen molar-refractivity contribution in [1.29, 1.82) is 0 Å². The second kappa shape index (κ2) is 16.8. The largest absolute Gasteiger partial charge is 0.450 e. The fourth-order valence-corrected chi connectivity index (χ4v) is 2.82. The van der Waals surface area contributed by atoms with E-state index in [1.54, 1.807) is 0 Å². The second-order valence-electron chi connectivity index (χ2n) is 6.84. The summed E-state index contributed by atoms with van der Waals surface area (Å²) in [5.74, 6) is -0.343. The van der Waals surface area contributed by atoms with E-state index >= 15 is 0 Å². The van der Waals surface area contributed by atoms with Gasteiger partial charge in [-0.3, -0.25) is 4.79 Å². The van der Waals surface area contributed by atoms with Crippen LogP contribution in [0, 0.1) is 0 Å². The molecule has 1 unspecified atom stereocenters. The minimum atomic E-state index is -0.847. The molecular weight excluding hydrogens is 418 g/mol. The molecule has 1 rings (SSSR count). The third-order valence-electron chi connectivity index (χ3n) is 4.34. The van der Waals surface area contributed by atoms with Gasteiger partial charge in [0.25, 0.3) is 0 Å². The number of ether oxygens (including phenoxy) is 4. The zero-order chi connectivity index (χ0) is 23.6. The Labute approximate surface area is 189 Å². The number of alkyl carbamates (subject to hydrolysis) is 1. The lowest BCUT2D eigenvalue weighted by Gasteiger charge is -2.20. The molecule has 0 heterocycles. The summed E-state index contributed by atoms with van der Waals surface area (Å²) in [5.41, 5.74) is 5.77. The molecule has 0 radical (unpaired) electrons. The Morgan fingerprint density at radius 3 is 2.28 bits per heavy atom. The first-order valence-corrected chi connectivity index (χ1v) is 10.9. The molecule has 0 aromatic heterocycles. The maximum Gasteiger partial charge on any atom is 0.408 e. The molecule has 32 heavy (non-hydrogen) atoms. The van der Waals surface area contributed by atoms with E-state index in [0.29, 0.717) is 45.4 Å². The van der Waals surface area contributed by atoms with Gasteiger partial charge in [-0.2, -0.15) is 0 Å². The molecule has 3 amide bonds. The van der Waals surface area contributed by atoms with Crippen LogP contribution in [0.1, 0.15) is 45.1 Å². The van der Waals surface area contributed by atoms with Gasteiger partial charge in [0.2, 0.25) is 5.91 Å². The molecule has 180 valence electrons. The smallest absolute Gasteiger partial charge is 0.408 e. The first-order chi connectivity index (χ1) is 15.5. The summed E-state index contributed by atoms with van der Waals surface area (Å²) in [4.78, 5) is 35.5. The third-order valence-corrected chi connectivity index (χ3v) is 4.34. The van der Waals surface area contributed by atoms with Crippen LogP contribution >= 0.6 is 0 Å². The van der Waals surface area contributed by atoms with Crippen LogP contribution in [0.4, 0.5) is 9.59 Å². The van der Waals surface area contributed by atoms with Gasteiger partial charge in [0.1, 0.15) is 12.6 Å². The lowest BCUT2D eigenvalue weighted by atomic mass is 10.1. The SMILES string of the molecule is CCOC(CCNC(=O)C(CCCCOC(N)=O)NC(=O)OCc1ccccc1)OCC. The monoisotopic (exact) mass is 453 g/mol. The van der Waals surface area contributed by atoms with Crippen LogP contribution in [-0.4, -0.2) is 56.8 Å². The summed E-state index contributed by atoms with van der Waals surface area (Å²) in [5, 5.41) is 5.40. The fraction of sp³-hybridized carbons (Fsp3) is 0.591. The van der Waals surface area contributed by atoms with E-state index in [9.17, 15) is 14.4 Å². The van der Waals surface area contributed by atoms with Crippen molar-refractivity contribution in [2.75, 3.05) is 26.4 Å². The molecule has 0 spiro atoms. The van der Waals surface area contributed by atoms with Gasteiger partial charge in [0.15, 0.2) is 6.29 Å². The minimum Gasteiger partial charge on any atom is -0.450 e. The fourth-order valence-electron chi connectivity index (χ4n) is 2.82. The molecule has 4 N–H and O–H groups in total. The predicted molar refractivity (Wildman–Crippen MR) is 118 cm³/mol. The number of hydrogen-bond donors (Lipinski definition) is 3. The van der Waals surface area contributed by atoms with Gasteiger partial charge in [-0.1, -0.05) is 30.3 Å². The Balaban J connectivity index is 2.54. The van der Waals surface area contributed by atoms with Crippen LogP contribution in [0.2, 0.25) is 0 Å². The number of rotatable bonds is 16. The van der Waals surface area contributed by atoms with Crippen LogP contribution in [-0.2, 0) is 30.3 Å². The summed E-state index contributed by atoms with van der Waals surface area (Å²) in [6.07, 6.45) is -0.0862. The number of carbonyl (C=O) groups excluding carboxylic acids is 3. The van der Waals surface area contributed by atoms with E-state index < -0.39 is 24.5 Å². The lowest BCUT2D eigenvalue weighted by Crippen LogP contribution is -2.47. The van der Waals surface area contributed by atoms with E-state index in [4.69, 9.17) is 19.9 Å². The molecule has 0 aliphatic heterocycles. The van der Waals surface area contributed by atoms with Crippen molar-refractivity contribution in [1.82, 2.24) is 10.6 Å². The summed E-state index contributed by atoms with van der Waals surface area (Å²) in [7, 11) is 0. The van der Waals surface area contributed by atoms with Gasteiger partial charge in [0.05, 0.1) is 6.61 Å².